The minimum atomic E-state index is -0.490. The SMILES string of the molecule is CNC(=O)C(C)Oc1cccc(CNC(C)(C)C)c1. The molecule has 4 heteroatoms. The van der Waals surface area contributed by atoms with Gasteiger partial charge in [-0.05, 0) is 45.4 Å². The van der Waals surface area contributed by atoms with Gasteiger partial charge in [0.25, 0.3) is 5.91 Å². The zero-order chi connectivity index (χ0) is 14.5. The predicted octanol–water partition coefficient (Wildman–Crippen LogP) is 2.09. The quantitative estimate of drug-likeness (QED) is 0.856. The van der Waals surface area contributed by atoms with Gasteiger partial charge in [0.05, 0.1) is 0 Å². The van der Waals surface area contributed by atoms with Gasteiger partial charge in [-0.25, -0.2) is 0 Å². The summed E-state index contributed by atoms with van der Waals surface area (Å²) in [5.74, 6) is 0.586. The molecule has 1 aromatic rings. The summed E-state index contributed by atoms with van der Waals surface area (Å²) in [7, 11) is 1.60. The molecule has 0 heterocycles. The highest BCUT2D eigenvalue weighted by molar-refractivity contribution is 5.80. The van der Waals surface area contributed by atoms with Gasteiger partial charge >= 0.3 is 0 Å². The van der Waals surface area contributed by atoms with Gasteiger partial charge in [0.15, 0.2) is 6.10 Å². The van der Waals surface area contributed by atoms with Crippen LogP contribution in [0.25, 0.3) is 0 Å². The Morgan fingerprint density at radius 1 is 1.37 bits per heavy atom. The highest BCUT2D eigenvalue weighted by atomic mass is 16.5. The average molecular weight is 264 g/mol. The van der Waals surface area contributed by atoms with Gasteiger partial charge in [-0.3, -0.25) is 4.79 Å². The van der Waals surface area contributed by atoms with E-state index in [4.69, 9.17) is 4.74 Å². The first kappa shape index (κ1) is 15.5. The Hall–Kier alpha value is -1.55. The van der Waals surface area contributed by atoms with Crippen molar-refractivity contribution in [2.24, 2.45) is 0 Å². The van der Waals surface area contributed by atoms with Crippen molar-refractivity contribution in [1.82, 2.24) is 10.6 Å². The number of carbonyl (C=O) groups is 1. The fourth-order valence-corrected chi connectivity index (χ4v) is 1.56. The lowest BCUT2D eigenvalue weighted by Gasteiger charge is -2.21. The smallest absolute Gasteiger partial charge is 0.260 e. The number of rotatable bonds is 5. The Bertz CT molecular complexity index is 424. The summed E-state index contributed by atoms with van der Waals surface area (Å²) in [6, 6.07) is 7.79. The fraction of sp³-hybridized carbons (Fsp3) is 0.533. The van der Waals surface area contributed by atoms with E-state index in [1.165, 1.54) is 0 Å². The van der Waals surface area contributed by atoms with Gasteiger partial charge in [0.1, 0.15) is 5.75 Å². The second-order valence-corrected chi connectivity index (χ2v) is 5.63. The maximum absolute atomic E-state index is 11.4. The van der Waals surface area contributed by atoms with Crippen molar-refractivity contribution < 1.29 is 9.53 Å². The summed E-state index contributed by atoms with van der Waals surface area (Å²) in [5.41, 5.74) is 1.21. The van der Waals surface area contributed by atoms with Crippen LogP contribution >= 0.6 is 0 Å². The zero-order valence-corrected chi connectivity index (χ0v) is 12.4. The normalized spacial score (nSPS) is 12.9. The first-order valence-corrected chi connectivity index (χ1v) is 6.54. The van der Waals surface area contributed by atoms with Crippen molar-refractivity contribution in [2.45, 2.75) is 45.9 Å². The molecular weight excluding hydrogens is 240 g/mol. The van der Waals surface area contributed by atoms with Crippen molar-refractivity contribution in [3.8, 4) is 5.75 Å². The van der Waals surface area contributed by atoms with Gasteiger partial charge in [-0.1, -0.05) is 12.1 Å². The van der Waals surface area contributed by atoms with E-state index >= 15 is 0 Å². The van der Waals surface area contributed by atoms with E-state index in [9.17, 15) is 4.79 Å². The third-order valence-corrected chi connectivity index (χ3v) is 2.65. The minimum absolute atomic E-state index is 0.0756. The van der Waals surface area contributed by atoms with Crippen LogP contribution in [-0.4, -0.2) is 24.6 Å². The van der Waals surface area contributed by atoms with Gasteiger partial charge in [0, 0.05) is 19.1 Å². The number of hydrogen-bond donors (Lipinski definition) is 2. The Morgan fingerprint density at radius 3 is 2.63 bits per heavy atom. The monoisotopic (exact) mass is 264 g/mol. The lowest BCUT2D eigenvalue weighted by Crippen LogP contribution is -2.35. The van der Waals surface area contributed by atoms with Crippen molar-refractivity contribution in [3.05, 3.63) is 29.8 Å². The molecule has 0 bridgehead atoms. The molecule has 0 spiro atoms. The molecule has 1 amide bonds. The van der Waals surface area contributed by atoms with E-state index in [2.05, 4.69) is 31.4 Å². The molecule has 0 radical (unpaired) electrons. The number of likely N-dealkylation sites (N-methyl/N-ethyl adjacent to an activating group) is 1. The van der Waals surface area contributed by atoms with Crippen LogP contribution in [0, 0.1) is 0 Å². The summed E-state index contributed by atoms with van der Waals surface area (Å²) >= 11 is 0. The maximum Gasteiger partial charge on any atom is 0.260 e. The molecule has 0 aliphatic rings. The minimum Gasteiger partial charge on any atom is -0.481 e. The van der Waals surface area contributed by atoms with E-state index in [1.54, 1.807) is 14.0 Å². The third kappa shape index (κ3) is 5.75. The molecule has 0 aromatic heterocycles. The Kier molecular flexibility index (Phi) is 5.36. The second-order valence-electron chi connectivity index (χ2n) is 5.63. The van der Waals surface area contributed by atoms with E-state index in [0.717, 1.165) is 12.1 Å². The first-order chi connectivity index (χ1) is 8.81. The molecule has 4 nitrogen and oxygen atoms in total. The summed E-state index contributed by atoms with van der Waals surface area (Å²) in [5, 5.41) is 5.99. The van der Waals surface area contributed by atoms with Gasteiger partial charge in [0.2, 0.25) is 0 Å². The Morgan fingerprint density at radius 2 is 2.05 bits per heavy atom. The van der Waals surface area contributed by atoms with Gasteiger partial charge in [-0.2, -0.15) is 0 Å². The summed E-state index contributed by atoms with van der Waals surface area (Å²) in [4.78, 5) is 11.4. The molecule has 0 saturated carbocycles. The van der Waals surface area contributed by atoms with Crippen LogP contribution in [0.4, 0.5) is 0 Å². The van der Waals surface area contributed by atoms with E-state index in [0.29, 0.717) is 5.75 Å². The standard InChI is InChI=1S/C15H24N2O2/c1-11(14(18)16-5)19-13-8-6-7-12(9-13)10-17-15(2,3)4/h6-9,11,17H,10H2,1-5H3,(H,16,18). The summed E-state index contributed by atoms with van der Waals surface area (Å²) in [6.07, 6.45) is -0.490. The van der Waals surface area contributed by atoms with E-state index in [1.807, 2.05) is 24.3 Å². The molecule has 0 fully saturated rings. The van der Waals surface area contributed by atoms with Crippen molar-refractivity contribution in [2.75, 3.05) is 7.05 Å². The van der Waals surface area contributed by atoms with E-state index < -0.39 is 6.10 Å². The number of benzene rings is 1. The van der Waals surface area contributed by atoms with Crippen molar-refractivity contribution >= 4 is 5.91 Å². The third-order valence-electron chi connectivity index (χ3n) is 2.65. The zero-order valence-electron chi connectivity index (χ0n) is 12.4. The van der Waals surface area contributed by atoms with Crippen LogP contribution in [0.15, 0.2) is 24.3 Å². The highest BCUT2D eigenvalue weighted by Crippen LogP contribution is 2.15. The van der Waals surface area contributed by atoms with Crippen molar-refractivity contribution in [3.63, 3.8) is 0 Å². The molecule has 1 rings (SSSR count). The summed E-state index contributed by atoms with van der Waals surface area (Å²) in [6.45, 7) is 8.89. The van der Waals surface area contributed by atoms with Crippen LogP contribution in [0.3, 0.4) is 0 Å². The number of hydrogen-bond acceptors (Lipinski definition) is 3. The lowest BCUT2D eigenvalue weighted by molar-refractivity contribution is -0.126. The van der Waals surface area contributed by atoms with Crippen LogP contribution in [0.1, 0.15) is 33.3 Å². The predicted molar refractivity (Wildman–Crippen MR) is 77.2 cm³/mol. The molecule has 1 atom stereocenters. The van der Waals surface area contributed by atoms with Crippen molar-refractivity contribution in [1.29, 1.82) is 0 Å². The Labute approximate surface area is 115 Å². The highest BCUT2D eigenvalue weighted by Gasteiger charge is 2.13. The number of ether oxygens (including phenoxy) is 1. The maximum atomic E-state index is 11.4. The first-order valence-electron chi connectivity index (χ1n) is 6.54. The molecule has 0 saturated heterocycles. The number of carbonyl (C=O) groups excluding carboxylic acids is 1. The van der Waals surface area contributed by atoms with Gasteiger partial charge < -0.3 is 15.4 Å². The second kappa shape index (κ2) is 6.57. The summed E-state index contributed by atoms with van der Waals surface area (Å²) < 4.78 is 5.60. The Balaban J connectivity index is 2.64. The molecule has 106 valence electrons. The van der Waals surface area contributed by atoms with Crippen LogP contribution in [0.5, 0.6) is 5.75 Å². The molecule has 0 aliphatic carbocycles. The fourth-order valence-electron chi connectivity index (χ4n) is 1.56. The molecule has 19 heavy (non-hydrogen) atoms. The van der Waals surface area contributed by atoms with E-state index in [-0.39, 0.29) is 11.4 Å². The molecular formula is C15H24N2O2. The number of nitrogens with one attached hydrogen (secondary N) is 2. The largest absolute Gasteiger partial charge is 0.481 e. The van der Waals surface area contributed by atoms with Crippen LogP contribution < -0.4 is 15.4 Å². The number of amides is 1. The molecule has 1 unspecified atom stereocenters. The molecule has 2 N–H and O–H groups in total. The lowest BCUT2D eigenvalue weighted by atomic mass is 10.1. The van der Waals surface area contributed by atoms with Crippen LogP contribution in [0.2, 0.25) is 0 Å². The topological polar surface area (TPSA) is 50.4 Å². The van der Waals surface area contributed by atoms with Gasteiger partial charge in [-0.15, -0.1) is 0 Å². The molecule has 0 aliphatic heterocycles. The average Bonchev–Trinajstić information content (AvgIpc) is 2.35. The molecule has 1 aromatic carbocycles. The van der Waals surface area contributed by atoms with Crippen LogP contribution in [-0.2, 0) is 11.3 Å².